The van der Waals surface area contributed by atoms with Gasteiger partial charge in [-0.15, -0.1) is 0 Å². The number of rotatable bonds is 2. The first-order valence-corrected chi connectivity index (χ1v) is 7.34. The number of ether oxygens (including phenoxy) is 1. The van der Waals surface area contributed by atoms with Gasteiger partial charge in [0, 0.05) is 12.0 Å². The van der Waals surface area contributed by atoms with Gasteiger partial charge in [0.25, 0.3) is 0 Å². The van der Waals surface area contributed by atoms with Gasteiger partial charge in [-0.3, -0.25) is 9.59 Å². The highest BCUT2D eigenvalue weighted by Crippen LogP contribution is 2.31. The van der Waals surface area contributed by atoms with Crippen molar-refractivity contribution in [2.45, 2.75) is 12.5 Å². The summed E-state index contributed by atoms with van der Waals surface area (Å²) in [6, 6.07) is 9.89. The predicted octanol–water partition coefficient (Wildman–Crippen LogP) is 2.54. The lowest BCUT2D eigenvalue weighted by molar-refractivity contribution is -0.136. The van der Waals surface area contributed by atoms with Crippen molar-refractivity contribution in [3.63, 3.8) is 0 Å². The number of carbonyl (C=O) groups excluding carboxylic acids is 2. The smallest absolute Gasteiger partial charge is 0.313 e. The zero-order valence-electron chi connectivity index (χ0n) is 12.5. The molecule has 2 N–H and O–H groups in total. The molecule has 0 saturated heterocycles. The Hall–Kier alpha value is -2.96. The fourth-order valence-corrected chi connectivity index (χ4v) is 2.50. The van der Waals surface area contributed by atoms with Gasteiger partial charge in [0.15, 0.2) is 0 Å². The van der Waals surface area contributed by atoms with Gasteiger partial charge in [-0.1, -0.05) is 24.3 Å². The Morgan fingerprint density at radius 1 is 1.00 bits per heavy atom. The van der Waals surface area contributed by atoms with Crippen LogP contribution in [0.4, 0.5) is 14.5 Å². The number of fused-ring (bicyclic) bond motifs is 1. The minimum Gasteiger partial charge on any atom is -0.493 e. The van der Waals surface area contributed by atoms with E-state index in [0.29, 0.717) is 18.8 Å². The minimum absolute atomic E-state index is 0.394. The van der Waals surface area contributed by atoms with Gasteiger partial charge in [0.2, 0.25) is 0 Å². The van der Waals surface area contributed by atoms with Crippen molar-refractivity contribution >= 4 is 17.5 Å². The lowest BCUT2D eigenvalue weighted by atomic mass is 10.0. The molecule has 1 atom stereocenters. The molecule has 2 aromatic rings. The fraction of sp³-hybridized carbons (Fsp3) is 0.176. The lowest BCUT2D eigenvalue weighted by Gasteiger charge is -2.26. The van der Waals surface area contributed by atoms with Gasteiger partial charge < -0.3 is 15.4 Å². The molecule has 1 heterocycles. The zero-order valence-corrected chi connectivity index (χ0v) is 12.5. The molecule has 3 rings (SSSR count). The van der Waals surface area contributed by atoms with Gasteiger partial charge in [-0.05, 0) is 18.2 Å². The number of carbonyl (C=O) groups is 2. The van der Waals surface area contributed by atoms with Crippen LogP contribution < -0.4 is 15.4 Å². The maximum atomic E-state index is 13.5. The molecule has 0 aromatic heterocycles. The van der Waals surface area contributed by atoms with Crippen molar-refractivity contribution in [2.24, 2.45) is 0 Å². The first kappa shape index (κ1) is 15.9. The van der Waals surface area contributed by atoms with E-state index in [4.69, 9.17) is 4.74 Å². The fourth-order valence-electron chi connectivity index (χ4n) is 2.50. The third-order valence-corrected chi connectivity index (χ3v) is 3.67. The van der Waals surface area contributed by atoms with Crippen LogP contribution in [-0.2, 0) is 9.59 Å². The van der Waals surface area contributed by atoms with Crippen molar-refractivity contribution in [1.82, 2.24) is 5.32 Å². The summed E-state index contributed by atoms with van der Waals surface area (Å²) in [5.41, 5.74) is 0.104. The molecule has 0 radical (unpaired) electrons. The Balaban J connectivity index is 1.71. The SMILES string of the molecule is O=C(Nc1c(F)cccc1F)C(=O)N[C@H]1CCOc2ccccc21. The Kier molecular flexibility index (Phi) is 4.41. The molecule has 24 heavy (non-hydrogen) atoms. The molecule has 0 saturated carbocycles. The highest BCUT2D eigenvalue weighted by Gasteiger charge is 2.26. The number of halogens is 2. The standard InChI is InChI=1S/C17H14F2N2O3/c18-11-5-3-6-12(19)15(11)21-17(23)16(22)20-13-8-9-24-14-7-2-1-4-10(13)14/h1-7,13H,8-9H2,(H,20,22)(H,21,23)/t13-/m0/s1. The van der Waals surface area contributed by atoms with E-state index < -0.39 is 35.2 Å². The summed E-state index contributed by atoms with van der Waals surface area (Å²) in [6.07, 6.45) is 0.490. The highest BCUT2D eigenvalue weighted by atomic mass is 19.1. The first-order chi connectivity index (χ1) is 11.6. The Labute approximate surface area is 136 Å². The number of benzene rings is 2. The molecule has 124 valence electrons. The lowest BCUT2D eigenvalue weighted by Crippen LogP contribution is -2.39. The third-order valence-electron chi connectivity index (χ3n) is 3.67. The third kappa shape index (κ3) is 3.19. The van der Waals surface area contributed by atoms with Gasteiger partial charge in [-0.2, -0.15) is 0 Å². The number of para-hydroxylation sites is 2. The van der Waals surface area contributed by atoms with Gasteiger partial charge in [-0.25, -0.2) is 8.78 Å². The largest absolute Gasteiger partial charge is 0.493 e. The summed E-state index contributed by atoms with van der Waals surface area (Å²) in [6.45, 7) is 0.394. The second kappa shape index (κ2) is 6.66. The molecule has 0 spiro atoms. The molecule has 2 aromatic carbocycles. The van der Waals surface area contributed by atoms with E-state index >= 15 is 0 Å². The van der Waals surface area contributed by atoms with E-state index in [1.807, 2.05) is 5.32 Å². The number of nitrogens with one attached hydrogen (secondary N) is 2. The van der Waals surface area contributed by atoms with Crippen LogP contribution in [0.3, 0.4) is 0 Å². The average Bonchev–Trinajstić information content (AvgIpc) is 2.58. The monoisotopic (exact) mass is 332 g/mol. The van der Waals surface area contributed by atoms with Crippen LogP contribution >= 0.6 is 0 Å². The van der Waals surface area contributed by atoms with Crippen LogP contribution in [0.5, 0.6) is 5.75 Å². The topological polar surface area (TPSA) is 67.4 Å². The first-order valence-electron chi connectivity index (χ1n) is 7.34. The van der Waals surface area contributed by atoms with Crippen LogP contribution in [0.1, 0.15) is 18.0 Å². The van der Waals surface area contributed by atoms with Crippen LogP contribution in [0.2, 0.25) is 0 Å². The number of amides is 2. The molecule has 0 fully saturated rings. The summed E-state index contributed by atoms with van der Waals surface area (Å²) in [7, 11) is 0. The number of hydrogen-bond acceptors (Lipinski definition) is 3. The van der Waals surface area contributed by atoms with Gasteiger partial charge in [0.1, 0.15) is 23.1 Å². The molecule has 0 aliphatic carbocycles. The Morgan fingerprint density at radius 2 is 1.71 bits per heavy atom. The maximum absolute atomic E-state index is 13.5. The van der Waals surface area contributed by atoms with Gasteiger partial charge in [0.05, 0.1) is 12.6 Å². The van der Waals surface area contributed by atoms with Crippen molar-refractivity contribution in [3.8, 4) is 5.75 Å². The van der Waals surface area contributed by atoms with Crippen LogP contribution in [0, 0.1) is 11.6 Å². The zero-order chi connectivity index (χ0) is 17.1. The summed E-state index contributed by atoms with van der Waals surface area (Å²) in [4.78, 5) is 24.0. The average molecular weight is 332 g/mol. The maximum Gasteiger partial charge on any atom is 0.313 e. The molecule has 0 unspecified atom stereocenters. The van der Waals surface area contributed by atoms with E-state index in [-0.39, 0.29) is 0 Å². The van der Waals surface area contributed by atoms with Crippen LogP contribution in [-0.4, -0.2) is 18.4 Å². The molecule has 2 amide bonds. The highest BCUT2D eigenvalue weighted by molar-refractivity contribution is 6.39. The van der Waals surface area contributed by atoms with E-state index in [1.165, 1.54) is 6.07 Å². The molecular formula is C17H14F2N2O3. The Morgan fingerprint density at radius 3 is 2.46 bits per heavy atom. The van der Waals surface area contributed by atoms with E-state index in [1.54, 1.807) is 24.3 Å². The minimum atomic E-state index is -1.14. The Bertz CT molecular complexity index is 775. The summed E-state index contributed by atoms with van der Waals surface area (Å²) in [5.74, 6) is -3.38. The second-order valence-corrected chi connectivity index (χ2v) is 5.25. The van der Waals surface area contributed by atoms with Crippen LogP contribution in [0.25, 0.3) is 0 Å². The normalized spacial score (nSPS) is 15.8. The summed E-state index contributed by atoms with van der Waals surface area (Å²) < 4.78 is 32.5. The van der Waals surface area contributed by atoms with Crippen molar-refractivity contribution < 1.29 is 23.1 Å². The van der Waals surface area contributed by atoms with Gasteiger partial charge >= 0.3 is 11.8 Å². The quantitative estimate of drug-likeness (QED) is 0.831. The molecule has 1 aliphatic rings. The summed E-state index contributed by atoms with van der Waals surface area (Å²) >= 11 is 0. The number of anilines is 1. The van der Waals surface area contributed by atoms with Crippen LogP contribution in [0.15, 0.2) is 42.5 Å². The van der Waals surface area contributed by atoms with Crippen molar-refractivity contribution in [1.29, 1.82) is 0 Å². The van der Waals surface area contributed by atoms with Crippen molar-refractivity contribution in [3.05, 3.63) is 59.7 Å². The van der Waals surface area contributed by atoms with E-state index in [0.717, 1.165) is 17.7 Å². The molecule has 5 nitrogen and oxygen atoms in total. The molecule has 1 aliphatic heterocycles. The molecule has 7 heteroatoms. The van der Waals surface area contributed by atoms with Crippen molar-refractivity contribution in [2.75, 3.05) is 11.9 Å². The summed E-state index contributed by atoms with van der Waals surface area (Å²) in [5, 5.41) is 4.52. The number of hydrogen-bond donors (Lipinski definition) is 2. The van der Waals surface area contributed by atoms with E-state index in [9.17, 15) is 18.4 Å². The predicted molar refractivity (Wildman–Crippen MR) is 82.4 cm³/mol. The second-order valence-electron chi connectivity index (χ2n) is 5.25. The van der Waals surface area contributed by atoms with E-state index in [2.05, 4.69) is 5.32 Å². The molecular weight excluding hydrogens is 318 g/mol. The molecule has 0 bridgehead atoms.